The second kappa shape index (κ2) is 7.26. The van der Waals surface area contributed by atoms with E-state index in [4.69, 9.17) is 0 Å². The molecule has 22 heavy (non-hydrogen) atoms. The summed E-state index contributed by atoms with van der Waals surface area (Å²) in [4.78, 5) is 23.5. The molecular formula is C17H18N2O3. The maximum Gasteiger partial charge on any atom is 0.337 e. The van der Waals surface area contributed by atoms with Crippen LogP contribution in [-0.4, -0.2) is 19.1 Å². The van der Waals surface area contributed by atoms with Gasteiger partial charge in [0.15, 0.2) is 0 Å². The topological polar surface area (TPSA) is 67.4 Å². The number of hydrogen-bond donors (Lipinski definition) is 2. The Kier molecular flexibility index (Phi) is 5.14. The molecule has 0 aromatic heterocycles. The first kappa shape index (κ1) is 15.6. The van der Waals surface area contributed by atoms with Gasteiger partial charge in [0.25, 0.3) is 0 Å². The SMILES string of the molecule is COC(=O)c1cccc(NC(=O)NC(C)c2ccccc2)c1. The number of esters is 1. The predicted octanol–water partition coefficient (Wildman–Crippen LogP) is 3.36. The Labute approximate surface area is 129 Å². The summed E-state index contributed by atoms with van der Waals surface area (Å²) < 4.78 is 4.65. The summed E-state index contributed by atoms with van der Waals surface area (Å²) in [6, 6.07) is 15.8. The molecule has 0 aliphatic rings. The van der Waals surface area contributed by atoms with Crippen LogP contribution in [-0.2, 0) is 4.74 Å². The first-order valence-electron chi connectivity index (χ1n) is 6.91. The molecule has 0 bridgehead atoms. The Morgan fingerprint density at radius 3 is 2.45 bits per heavy atom. The van der Waals surface area contributed by atoms with Crippen molar-refractivity contribution in [3.05, 3.63) is 65.7 Å². The maximum atomic E-state index is 12.0. The maximum absolute atomic E-state index is 12.0. The van der Waals surface area contributed by atoms with Gasteiger partial charge in [-0.15, -0.1) is 0 Å². The smallest absolute Gasteiger partial charge is 0.337 e. The molecule has 2 N–H and O–H groups in total. The van der Waals surface area contributed by atoms with E-state index in [2.05, 4.69) is 15.4 Å². The zero-order valence-electron chi connectivity index (χ0n) is 12.5. The van der Waals surface area contributed by atoms with Crippen molar-refractivity contribution in [3.8, 4) is 0 Å². The lowest BCUT2D eigenvalue weighted by Crippen LogP contribution is -2.31. The van der Waals surface area contributed by atoms with Gasteiger partial charge in [0.05, 0.1) is 18.7 Å². The number of ether oxygens (including phenoxy) is 1. The van der Waals surface area contributed by atoms with Crippen molar-refractivity contribution in [1.82, 2.24) is 5.32 Å². The van der Waals surface area contributed by atoms with Crippen LogP contribution in [0.2, 0.25) is 0 Å². The number of amides is 2. The highest BCUT2D eigenvalue weighted by atomic mass is 16.5. The molecule has 0 spiro atoms. The molecule has 0 fully saturated rings. The molecule has 114 valence electrons. The fraction of sp³-hybridized carbons (Fsp3) is 0.176. The average Bonchev–Trinajstić information content (AvgIpc) is 2.55. The molecular weight excluding hydrogens is 280 g/mol. The van der Waals surface area contributed by atoms with Crippen molar-refractivity contribution >= 4 is 17.7 Å². The van der Waals surface area contributed by atoms with Crippen LogP contribution in [0.5, 0.6) is 0 Å². The van der Waals surface area contributed by atoms with Crippen molar-refractivity contribution in [1.29, 1.82) is 0 Å². The first-order chi connectivity index (χ1) is 10.6. The zero-order valence-corrected chi connectivity index (χ0v) is 12.5. The van der Waals surface area contributed by atoms with Crippen LogP contribution in [0.25, 0.3) is 0 Å². The molecule has 2 amide bonds. The second-order valence-electron chi connectivity index (χ2n) is 4.80. The molecule has 1 unspecified atom stereocenters. The van der Waals surface area contributed by atoms with Crippen LogP contribution in [0.1, 0.15) is 28.9 Å². The number of rotatable bonds is 4. The van der Waals surface area contributed by atoms with Crippen molar-refractivity contribution in [2.24, 2.45) is 0 Å². The fourth-order valence-corrected chi connectivity index (χ4v) is 2.03. The molecule has 0 heterocycles. The van der Waals surface area contributed by atoms with E-state index in [0.29, 0.717) is 11.3 Å². The largest absolute Gasteiger partial charge is 0.465 e. The van der Waals surface area contributed by atoms with E-state index >= 15 is 0 Å². The summed E-state index contributed by atoms with van der Waals surface area (Å²) in [7, 11) is 1.32. The van der Waals surface area contributed by atoms with Crippen LogP contribution in [0.4, 0.5) is 10.5 Å². The van der Waals surface area contributed by atoms with Crippen LogP contribution in [0, 0.1) is 0 Å². The lowest BCUT2D eigenvalue weighted by atomic mass is 10.1. The van der Waals surface area contributed by atoms with E-state index in [1.54, 1.807) is 24.3 Å². The molecule has 0 radical (unpaired) electrons. The molecule has 0 saturated carbocycles. The monoisotopic (exact) mass is 298 g/mol. The van der Waals surface area contributed by atoms with Crippen LogP contribution in [0.15, 0.2) is 54.6 Å². The highest BCUT2D eigenvalue weighted by Gasteiger charge is 2.10. The minimum Gasteiger partial charge on any atom is -0.465 e. The van der Waals surface area contributed by atoms with Crippen LogP contribution < -0.4 is 10.6 Å². The molecule has 0 aliphatic heterocycles. The number of hydrogen-bond acceptors (Lipinski definition) is 3. The van der Waals surface area contributed by atoms with Crippen molar-refractivity contribution in [3.63, 3.8) is 0 Å². The minimum absolute atomic E-state index is 0.120. The zero-order chi connectivity index (χ0) is 15.9. The number of nitrogens with one attached hydrogen (secondary N) is 2. The van der Waals surface area contributed by atoms with Gasteiger partial charge >= 0.3 is 12.0 Å². The van der Waals surface area contributed by atoms with Crippen molar-refractivity contribution in [2.75, 3.05) is 12.4 Å². The third-order valence-corrected chi connectivity index (χ3v) is 3.19. The summed E-state index contributed by atoms with van der Waals surface area (Å²) in [6.45, 7) is 1.90. The summed E-state index contributed by atoms with van der Waals surface area (Å²) in [5.74, 6) is -0.443. The molecule has 2 aromatic rings. The fourth-order valence-electron chi connectivity index (χ4n) is 2.03. The van der Waals surface area contributed by atoms with Crippen LogP contribution in [0.3, 0.4) is 0 Å². The number of benzene rings is 2. The van der Waals surface area contributed by atoms with E-state index < -0.39 is 5.97 Å². The van der Waals surface area contributed by atoms with E-state index in [-0.39, 0.29) is 12.1 Å². The summed E-state index contributed by atoms with van der Waals surface area (Å²) in [5.41, 5.74) is 1.93. The second-order valence-corrected chi connectivity index (χ2v) is 4.80. The van der Waals surface area contributed by atoms with Crippen molar-refractivity contribution < 1.29 is 14.3 Å². The minimum atomic E-state index is -0.443. The molecule has 5 heteroatoms. The van der Waals surface area contributed by atoms with E-state index in [9.17, 15) is 9.59 Å². The summed E-state index contributed by atoms with van der Waals surface area (Å²) in [5, 5.41) is 5.55. The van der Waals surface area contributed by atoms with Gasteiger partial charge in [0.1, 0.15) is 0 Å². The Bertz CT molecular complexity index is 656. The van der Waals surface area contributed by atoms with E-state index in [0.717, 1.165) is 5.56 Å². The lowest BCUT2D eigenvalue weighted by Gasteiger charge is -2.15. The quantitative estimate of drug-likeness (QED) is 0.851. The van der Waals surface area contributed by atoms with Gasteiger partial charge in [-0.2, -0.15) is 0 Å². The Hall–Kier alpha value is -2.82. The van der Waals surface area contributed by atoms with Gasteiger partial charge in [-0.05, 0) is 30.7 Å². The first-order valence-corrected chi connectivity index (χ1v) is 6.91. The molecule has 5 nitrogen and oxygen atoms in total. The lowest BCUT2D eigenvalue weighted by molar-refractivity contribution is 0.0600. The van der Waals surface area contributed by atoms with Crippen LogP contribution >= 0.6 is 0 Å². The molecule has 2 rings (SSSR count). The highest BCUT2D eigenvalue weighted by molar-refractivity contribution is 5.93. The normalized spacial score (nSPS) is 11.4. The summed E-state index contributed by atoms with van der Waals surface area (Å²) >= 11 is 0. The third kappa shape index (κ3) is 4.09. The molecule has 0 saturated heterocycles. The Balaban J connectivity index is 1.99. The Morgan fingerprint density at radius 2 is 1.77 bits per heavy atom. The Morgan fingerprint density at radius 1 is 1.05 bits per heavy atom. The van der Waals surface area contributed by atoms with Gasteiger partial charge in [-0.25, -0.2) is 9.59 Å². The molecule has 1 atom stereocenters. The third-order valence-electron chi connectivity index (χ3n) is 3.19. The van der Waals surface area contributed by atoms with E-state index in [1.807, 2.05) is 37.3 Å². The van der Waals surface area contributed by atoms with Crippen molar-refractivity contribution in [2.45, 2.75) is 13.0 Å². The number of methoxy groups -OCH3 is 1. The predicted molar refractivity (Wildman–Crippen MR) is 84.8 cm³/mol. The molecule has 0 aliphatic carbocycles. The van der Waals surface area contributed by atoms with Gasteiger partial charge < -0.3 is 15.4 Å². The van der Waals surface area contributed by atoms with Gasteiger partial charge in [-0.1, -0.05) is 36.4 Å². The number of carbonyl (C=O) groups is 2. The summed E-state index contributed by atoms with van der Waals surface area (Å²) in [6.07, 6.45) is 0. The van der Waals surface area contributed by atoms with Gasteiger partial charge in [0.2, 0.25) is 0 Å². The number of urea groups is 1. The number of anilines is 1. The standard InChI is InChI=1S/C17H18N2O3/c1-12(13-7-4-3-5-8-13)18-17(21)19-15-10-6-9-14(11-15)16(20)22-2/h3-12H,1-2H3,(H2,18,19,21). The average molecular weight is 298 g/mol. The molecule has 2 aromatic carbocycles. The van der Waals surface area contributed by atoms with Gasteiger partial charge in [-0.3, -0.25) is 0 Å². The van der Waals surface area contributed by atoms with Gasteiger partial charge in [0, 0.05) is 5.69 Å². The number of carbonyl (C=O) groups excluding carboxylic acids is 2. The van der Waals surface area contributed by atoms with E-state index in [1.165, 1.54) is 7.11 Å². The highest BCUT2D eigenvalue weighted by Crippen LogP contribution is 2.14.